The van der Waals surface area contributed by atoms with Crippen molar-refractivity contribution >= 4 is 17.8 Å². The predicted octanol–water partition coefficient (Wildman–Crippen LogP) is 3.09. The van der Waals surface area contributed by atoms with Gasteiger partial charge in [-0.3, -0.25) is 24.2 Å². The smallest absolute Gasteiger partial charge is 0.320 e. The highest BCUT2D eigenvalue weighted by molar-refractivity contribution is 5.80. The van der Waals surface area contributed by atoms with Crippen LogP contribution in [0.15, 0.2) is 12.2 Å². The molecule has 46 heavy (non-hydrogen) atoms. The minimum atomic E-state index is -0.532. The van der Waals surface area contributed by atoms with Gasteiger partial charge < -0.3 is 25.2 Å². The lowest BCUT2D eigenvalue weighted by Gasteiger charge is -2.37. The molecule has 0 spiro atoms. The van der Waals surface area contributed by atoms with Crippen molar-refractivity contribution in [1.29, 1.82) is 0 Å². The van der Waals surface area contributed by atoms with Crippen LogP contribution >= 0.6 is 0 Å². The van der Waals surface area contributed by atoms with E-state index in [1.807, 2.05) is 20.8 Å². The number of nitrogens with zero attached hydrogens (tertiary/aromatic N) is 4. The zero-order chi connectivity index (χ0) is 34.1. The summed E-state index contributed by atoms with van der Waals surface area (Å²) in [7, 11) is 0. The largest absolute Gasteiger partial charge is 0.459 e. The maximum absolute atomic E-state index is 13.1. The van der Waals surface area contributed by atoms with Crippen LogP contribution in [-0.2, 0) is 19.1 Å². The van der Waals surface area contributed by atoms with Gasteiger partial charge >= 0.3 is 5.97 Å². The number of carbonyl (C=O) groups is 3. The Morgan fingerprint density at radius 1 is 0.652 bits per heavy atom. The molecule has 3 atom stereocenters. The van der Waals surface area contributed by atoms with Crippen molar-refractivity contribution in [2.24, 2.45) is 28.6 Å². The molecule has 3 aliphatic rings. The number of rotatable bonds is 10. The molecule has 2 N–H and O–H groups in total. The second-order valence-corrected chi connectivity index (χ2v) is 17.3. The number of nitrogens with one attached hydrogen (secondary N) is 2. The van der Waals surface area contributed by atoms with E-state index in [4.69, 9.17) is 4.74 Å². The summed E-state index contributed by atoms with van der Waals surface area (Å²) in [5.74, 6) is 0.866. The van der Waals surface area contributed by atoms with Gasteiger partial charge in [-0.1, -0.05) is 53.7 Å². The van der Waals surface area contributed by atoms with Crippen LogP contribution in [0, 0.1) is 28.6 Å². The predicted molar refractivity (Wildman–Crippen MR) is 185 cm³/mol. The van der Waals surface area contributed by atoms with Crippen LogP contribution in [0.4, 0.5) is 0 Å². The summed E-state index contributed by atoms with van der Waals surface area (Å²) < 4.78 is 5.68. The van der Waals surface area contributed by atoms with Crippen LogP contribution in [0.2, 0.25) is 0 Å². The lowest BCUT2D eigenvalue weighted by Crippen LogP contribution is -2.50. The van der Waals surface area contributed by atoms with E-state index < -0.39 is 5.60 Å². The average molecular weight is 647 g/mol. The fourth-order valence-corrected chi connectivity index (χ4v) is 6.97. The van der Waals surface area contributed by atoms with Crippen LogP contribution < -0.4 is 10.6 Å². The lowest BCUT2D eigenvalue weighted by atomic mass is 9.93. The molecule has 1 saturated heterocycles. The Balaban J connectivity index is 1.61. The summed E-state index contributed by atoms with van der Waals surface area (Å²) in [6, 6.07) is 0. The molecule has 0 aromatic heterocycles. The quantitative estimate of drug-likeness (QED) is 0.213. The number of ether oxygens (including phenoxy) is 1. The van der Waals surface area contributed by atoms with Crippen molar-refractivity contribution in [3.8, 4) is 0 Å². The highest BCUT2D eigenvalue weighted by Crippen LogP contribution is 2.43. The standard InChI is InChI=1S/C36H66N6O4/c1-34(2,3)26-41-18-16-39(24-31(43)37-12-13-38-33(45)30-23-28-10-11-29(30)22-28)14-15-40(25-32(44)46-36(7,8)9)17-19-42(21-20-41)27-35(4,5)6/h10-11,28-30H,12-27H2,1-9H3,(H,37,43)(H,38,45). The number of carbonyl (C=O) groups excluding carboxylic acids is 3. The van der Waals surface area contributed by atoms with E-state index in [1.54, 1.807) is 0 Å². The molecule has 2 bridgehead atoms. The Morgan fingerprint density at radius 3 is 1.57 bits per heavy atom. The first-order valence-electron chi connectivity index (χ1n) is 17.7. The third-order valence-electron chi connectivity index (χ3n) is 8.83. The van der Waals surface area contributed by atoms with Gasteiger partial charge in [-0.15, -0.1) is 0 Å². The van der Waals surface area contributed by atoms with E-state index >= 15 is 0 Å². The van der Waals surface area contributed by atoms with Crippen molar-refractivity contribution in [1.82, 2.24) is 30.2 Å². The van der Waals surface area contributed by atoms with Crippen LogP contribution in [0.25, 0.3) is 0 Å². The fraction of sp³-hybridized carbons (Fsp3) is 0.861. The second kappa shape index (κ2) is 16.9. The third kappa shape index (κ3) is 14.8. The molecule has 2 amide bonds. The fourth-order valence-electron chi connectivity index (χ4n) is 6.97. The van der Waals surface area contributed by atoms with Crippen LogP contribution in [0.5, 0.6) is 0 Å². The van der Waals surface area contributed by atoms with Gasteiger partial charge in [0.2, 0.25) is 11.8 Å². The number of hydrogen-bond acceptors (Lipinski definition) is 8. The highest BCUT2D eigenvalue weighted by Gasteiger charge is 2.39. The summed E-state index contributed by atoms with van der Waals surface area (Å²) in [6.07, 6.45) is 6.48. The van der Waals surface area contributed by atoms with E-state index in [1.165, 1.54) is 0 Å². The highest BCUT2D eigenvalue weighted by atomic mass is 16.6. The molecule has 1 saturated carbocycles. The van der Waals surface area contributed by atoms with Crippen molar-refractivity contribution in [3.63, 3.8) is 0 Å². The molecule has 0 aromatic rings. The van der Waals surface area contributed by atoms with Crippen molar-refractivity contribution in [2.45, 2.75) is 80.8 Å². The number of hydrogen-bond donors (Lipinski definition) is 2. The van der Waals surface area contributed by atoms with Gasteiger partial charge in [-0.05, 0) is 56.3 Å². The normalized spacial score (nSPS) is 24.8. The molecular formula is C36H66N6O4. The molecule has 2 fully saturated rings. The monoisotopic (exact) mass is 647 g/mol. The van der Waals surface area contributed by atoms with Gasteiger partial charge in [0.05, 0.1) is 13.1 Å². The minimum Gasteiger partial charge on any atom is -0.459 e. The topological polar surface area (TPSA) is 97.5 Å². The lowest BCUT2D eigenvalue weighted by molar-refractivity contribution is -0.156. The van der Waals surface area contributed by atoms with Gasteiger partial charge in [0.15, 0.2) is 0 Å². The summed E-state index contributed by atoms with van der Waals surface area (Å²) >= 11 is 0. The average Bonchev–Trinajstić information content (AvgIpc) is 3.54. The molecule has 10 nitrogen and oxygen atoms in total. The zero-order valence-corrected chi connectivity index (χ0v) is 30.6. The van der Waals surface area contributed by atoms with E-state index in [0.29, 0.717) is 38.0 Å². The van der Waals surface area contributed by atoms with Gasteiger partial charge in [0.1, 0.15) is 5.60 Å². The Hall–Kier alpha value is -2.01. The summed E-state index contributed by atoms with van der Waals surface area (Å²) in [5.41, 5.74) is -0.199. The SMILES string of the molecule is CC(C)(C)CN1CCN(CC(=O)NCCNC(=O)C2CC3C=CC2C3)CCN(CC(=O)OC(C)(C)C)CCN(CC(C)(C)C)CC1. The Kier molecular flexibility index (Phi) is 14.1. The van der Waals surface area contributed by atoms with Crippen molar-refractivity contribution in [2.75, 3.05) is 91.6 Å². The van der Waals surface area contributed by atoms with Crippen LogP contribution in [0.1, 0.15) is 75.2 Å². The Morgan fingerprint density at radius 2 is 1.13 bits per heavy atom. The molecule has 1 aliphatic heterocycles. The van der Waals surface area contributed by atoms with Crippen molar-refractivity contribution < 1.29 is 19.1 Å². The first kappa shape index (κ1) is 38.4. The van der Waals surface area contributed by atoms with Gasteiger partial charge in [0, 0.05) is 84.5 Å². The van der Waals surface area contributed by atoms with Gasteiger partial charge in [-0.2, -0.15) is 0 Å². The van der Waals surface area contributed by atoms with Crippen LogP contribution in [-0.4, -0.2) is 135 Å². The summed E-state index contributed by atoms with van der Waals surface area (Å²) in [5, 5.41) is 6.06. The number of fused-ring (bicyclic) bond motifs is 2. The maximum atomic E-state index is 13.1. The first-order chi connectivity index (χ1) is 21.3. The third-order valence-corrected chi connectivity index (χ3v) is 8.83. The summed E-state index contributed by atoms with van der Waals surface area (Å²) in [6.45, 7) is 29.2. The number of amides is 2. The molecule has 0 aromatic carbocycles. The van der Waals surface area contributed by atoms with E-state index in [-0.39, 0.29) is 47.6 Å². The Bertz CT molecular complexity index is 1030. The van der Waals surface area contributed by atoms with E-state index in [2.05, 4.69) is 83.9 Å². The Labute approximate surface area is 280 Å². The first-order valence-corrected chi connectivity index (χ1v) is 17.7. The minimum absolute atomic E-state index is 0.0402. The molecule has 1 heterocycles. The van der Waals surface area contributed by atoms with Crippen molar-refractivity contribution in [3.05, 3.63) is 12.2 Å². The van der Waals surface area contributed by atoms with Crippen LogP contribution in [0.3, 0.4) is 0 Å². The molecule has 10 heteroatoms. The number of esters is 1. The molecule has 2 aliphatic carbocycles. The maximum Gasteiger partial charge on any atom is 0.320 e. The second-order valence-electron chi connectivity index (χ2n) is 17.3. The molecule has 3 rings (SSSR count). The van der Waals surface area contributed by atoms with E-state index in [9.17, 15) is 14.4 Å². The zero-order valence-electron chi connectivity index (χ0n) is 30.6. The molecule has 3 unspecified atom stereocenters. The van der Waals surface area contributed by atoms with Gasteiger partial charge in [0.25, 0.3) is 0 Å². The molecule has 264 valence electrons. The molecular weight excluding hydrogens is 580 g/mol. The summed E-state index contributed by atoms with van der Waals surface area (Å²) in [4.78, 5) is 48.1. The number of allylic oxidation sites excluding steroid dienone is 2. The molecule has 0 radical (unpaired) electrons. The van der Waals surface area contributed by atoms with E-state index in [0.717, 1.165) is 65.2 Å². The van der Waals surface area contributed by atoms with Gasteiger partial charge in [-0.25, -0.2) is 0 Å².